The van der Waals surface area contributed by atoms with Crippen LogP contribution < -0.4 is 0 Å². The van der Waals surface area contributed by atoms with Gasteiger partial charge in [0, 0.05) is 16.6 Å². The van der Waals surface area contributed by atoms with Crippen LogP contribution in [0.3, 0.4) is 0 Å². The van der Waals surface area contributed by atoms with Crippen molar-refractivity contribution in [2.24, 2.45) is 5.92 Å². The highest BCUT2D eigenvalue weighted by atomic mass is 32.2. The van der Waals surface area contributed by atoms with Crippen LogP contribution in [-0.4, -0.2) is 9.96 Å². The lowest BCUT2D eigenvalue weighted by Crippen LogP contribution is -2.14. The summed E-state index contributed by atoms with van der Waals surface area (Å²) in [5.41, 5.74) is 2.26. The number of rotatable bonds is 5. The molecule has 0 amide bonds. The van der Waals surface area contributed by atoms with Gasteiger partial charge in [0.05, 0.1) is 5.25 Å². The molecule has 0 saturated carbocycles. The molecular weight excluding hydrogens is 252 g/mol. The first-order valence-electron chi connectivity index (χ1n) is 6.65. The standard InChI is InChI=1S/C17H20OS/c1-14(2)13-19(18)17(15-9-5-3-6-10-15)16-11-7-4-8-12-16/h3-12,14,17H,13H2,1-2H3. The van der Waals surface area contributed by atoms with Crippen LogP contribution in [-0.2, 0) is 10.8 Å². The predicted octanol–water partition coefficient (Wildman–Crippen LogP) is 4.18. The minimum Gasteiger partial charge on any atom is -0.259 e. The van der Waals surface area contributed by atoms with Crippen LogP contribution in [0.15, 0.2) is 60.7 Å². The Labute approximate surface area is 118 Å². The Kier molecular flexibility index (Phi) is 4.92. The third-order valence-corrected chi connectivity index (χ3v) is 5.03. The maximum absolute atomic E-state index is 12.7. The van der Waals surface area contributed by atoms with Gasteiger partial charge in [-0.15, -0.1) is 0 Å². The van der Waals surface area contributed by atoms with Crippen molar-refractivity contribution in [3.05, 3.63) is 71.8 Å². The zero-order chi connectivity index (χ0) is 13.7. The third-order valence-electron chi connectivity index (χ3n) is 2.97. The van der Waals surface area contributed by atoms with Gasteiger partial charge in [0.25, 0.3) is 0 Å². The van der Waals surface area contributed by atoms with Crippen LogP contribution in [0.1, 0.15) is 30.2 Å². The highest BCUT2D eigenvalue weighted by molar-refractivity contribution is 7.85. The number of hydrogen-bond donors (Lipinski definition) is 0. The third kappa shape index (κ3) is 3.77. The first-order valence-corrected chi connectivity index (χ1v) is 8.03. The second-order valence-electron chi connectivity index (χ2n) is 5.14. The van der Waals surface area contributed by atoms with Crippen molar-refractivity contribution in [3.8, 4) is 0 Å². The highest BCUT2D eigenvalue weighted by Gasteiger charge is 2.21. The summed E-state index contributed by atoms with van der Waals surface area (Å²) in [6.07, 6.45) is 0. The fraction of sp³-hybridized carbons (Fsp3) is 0.294. The lowest BCUT2D eigenvalue weighted by atomic mass is 10.0. The Morgan fingerprint density at radius 2 is 1.26 bits per heavy atom. The van der Waals surface area contributed by atoms with E-state index in [1.165, 1.54) is 0 Å². The summed E-state index contributed by atoms with van der Waals surface area (Å²) in [7, 11) is -0.890. The first kappa shape index (κ1) is 14.0. The summed E-state index contributed by atoms with van der Waals surface area (Å²) >= 11 is 0. The second-order valence-corrected chi connectivity index (χ2v) is 6.71. The van der Waals surface area contributed by atoms with Crippen molar-refractivity contribution in [1.29, 1.82) is 0 Å². The summed E-state index contributed by atoms with van der Waals surface area (Å²) in [5.74, 6) is 1.17. The van der Waals surface area contributed by atoms with Gasteiger partial charge in [-0.25, -0.2) is 0 Å². The van der Waals surface area contributed by atoms with Crippen molar-refractivity contribution in [3.63, 3.8) is 0 Å². The van der Waals surface area contributed by atoms with E-state index in [1.54, 1.807) is 0 Å². The molecule has 1 unspecified atom stereocenters. The molecule has 0 aliphatic rings. The summed E-state index contributed by atoms with van der Waals surface area (Å²) in [4.78, 5) is 0. The number of hydrogen-bond acceptors (Lipinski definition) is 1. The second kappa shape index (κ2) is 6.67. The van der Waals surface area contributed by atoms with E-state index in [4.69, 9.17) is 0 Å². The minimum absolute atomic E-state index is 0.0233. The van der Waals surface area contributed by atoms with Gasteiger partial charge in [-0.2, -0.15) is 0 Å². The van der Waals surface area contributed by atoms with Gasteiger partial charge in [-0.3, -0.25) is 4.21 Å². The predicted molar refractivity (Wildman–Crippen MR) is 82.6 cm³/mol. The van der Waals surface area contributed by atoms with Gasteiger partial charge in [-0.1, -0.05) is 74.5 Å². The Bertz CT molecular complexity index is 480. The first-order chi connectivity index (χ1) is 9.18. The fourth-order valence-electron chi connectivity index (χ4n) is 2.18. The van der Waals surface area contributed by atoms with Crippen LogP contribution in [0, 0.1) is 5.92 Å². The van der Waals surface area contributed by atoms with Crippen molar-refractivity contribution < 1.29 is 4.21 Å². The molecule has 0 aliphatic heterocycles. The molecule has 0 aromatic heterocycles. The molecule has 2 heteroatoms. The molecule has 0 fully saturated rings. The van der Waals surface area contributed by atoms with E-state index in [0.29, 0.717) is 5.92 Å². The molecule has 2 rings (SSSR count). The van der Waals surface area contributed by atoms with Crippen molar-refractivity contribution in [2.45, 2.75) is 19.1 Å². The molecule has 0 saturated heterocycles. The summed E-state index contributed by atoms with van der Waals surface area (Å²) in [5, 5.41) is -0.0233. The molecule has 0 radical (unpaired) electrons. The van der Waals surface area contributed by atoms with Crippen molar-refractivity contribution >= 4 is 10.8 Å². The minimum atomic E-state index is -0.890. The summed E-state index contributed by atoms with van der Waals surface area (Å²) in [6, 6.07) is 20.3. The average Bonchev–Trinajstić information content (AvgIpc) is 2.40. The SMILES string of the molecule is CC(C)CS(=O)C(c1ccccc1)c1ccccc1. The fourth-order valence-corrected chi connectivity index (χ4v) is 3.95. The molecular formula is C17H20OS. The quantitative estimate of drug-likeness (QED) is 0.798. The molecule has 1 nitrogen and oxygen atoms in total. The molecule has 2 aromatic carbocycles. The highest BCUT2D eigenvalue weighted by Crippen LogP contribution is 2.28. The molecule has 0 aliphatic carbocycles. The zero-order valence-electron chi connectivity index (χ0n) is 11.5. The van der Waals surface area contributed by atoms with Gasteiger partial charge in [-0.05, 0) is 17.0 Å². The molecule has 0 N–H and O–H groups in total. The molecule has 100 valence electrons. The largest absolute Gasteiger partial charge is 0.259 e. The maximum atomic E-state index is 12.7. The van der Waals surface area contributed by atoms with Crippen LogP contribution >= 0.6 is 0 Å². The van der Waals surface area contributed by atoms with E-state index in [1.807, 2.05) is 36.4 Å². The van der Waals surface area contributed by atoms with E-state index in [-0.39, 0.29) is 5.25 Å². The van der Waals surface area contributed by atoms with Crippen LogP contribution in [0.2, 0.25) is 0 Å². The molecule has 2 aromatic rings. The summed E-state index contributed by atoms with van der Waals surface area (Å²) in [6.45, 7) is 4.23. The summed E-state index contributed by atoms with van der Waals surface area (Å²) < 4.78 is 12.7. The smallest absolute Gasteiger partial charge is 0.0846 e. The van der Waals surface area contributed by atoms with E-state index in [0.717, 1.165) is 16.9 Å². The monoisotopic (exact) mass is 272 g/mol. The Hall–Kier alpha value is -1.41. The lowest BCUT2D eigenvalue weighted by Gasteiger charge is -2.18. The van der Waals surface area contributed by atoms with E-state index in [9.17, 15) is 4.21 Å². The molecule has 0 heterocycles. The number of benzene rings is 2. The lowest BCUT2D eigenvalue weighted by molar-refractivity contribution is 0.659. The molecule has 0 bridgehead atoms. The Morgan fingerprint density at radius 1 is 0.842 bits per heavy atom. The van der Waals surface area contributed by atoms with Crippen LogP contribution in [0.4, 0.5) is 0 Å². The Balaban J connectivity index is 2.37. The van der Waals surface area contributed by atoms with Gasteiger partial charge in [0.15, 0.2) is 0 Å². The molecule has 19 heavy (non-hydrogen) atoms. The topological polar surface area (TPSA) is 17.1 Å². The van der Waals surface area contributed by atoms with E-state index < -0.39 is 10.8 Å². The van der Waals surface area contributed by atoms with Gasteiger partial charge >= 0.3 is 0 Å². The maximum Gasteiger partial charge on any atom is 0.0846 e. The van der Waals surface area contributed by atoms with E-state index in [2.05, 4.69) is 38.1 Å². The molecule has 1 atom stereocenters. The van der Waals surface area contributed by atoms with Gasteiger partial charge < -0.3 is 0 Å². The van der Waals surface area contributed by atoms with Crippen molar-refractivity contribution in [2.75, 3.05) is 5.75 Å². The normalized spacial score (nSPS) is 12.8. The average molecular weight is 272 g/mol. The Morgan fingerprint density at radius 3 is 1.63 bits per heavy atom. The molecule has 0 spiro atoms. The van der Waals surface area contributed by atoms with Gasteiger partial charge in [0.1, 0.15) is 0 Å². The van der Waals surface area contributed by atoms with Crippen LogP contribution in [0.5, 0.6) is 0 Å². The zero-order valence-corrected chi connectivity index (χ0v) is 12.3. The van der Waals surface area contributed by atoms with E-state index >= 15 is 0 Å². The van der Waals surface area contributed by atoms with Crippen LogP contribution in [0.25, 0.3) is 0 Å². The van der Waals surface area contributed by atoms with Crippen molar-refractivity contribution in [1.82, 2.24) is 0 Å². The van der Waals surface area contributed by atoms with Gasteiger partial charge in [0.2, 0.25) is 0 Å².